The topological polar surface area (TPSA) is 87.7 Å². The van der Waals surface area contributed by atoms with E-state index in [-0.39, 0.29) is 36.8 Å². The lowest BCUT2D eigenvalue weighted by molar-refractivity contribution is -0.137. The number of aryl methyl sites for hydroxylation is 2. The lowest BCUT2D eigenvalue weighted by Crippen LogP contribution is -2.30. The van der Waals surface area contributed by atoms with Gasteiger partial charge in [-0.05, 0) is 79.8 Å². The zero-order chi connectivity index (χ0) is 29.8. The highest BCUT2D eigenvalue weighted by Crippen LogP contribution is 2.25. The van der Waals surface area contributed by atoms with E-state index in [0.717, 1.165) is 16.7 Å². The van der Waals surface area contributed by atoms with Crippen LogP contribution in [0, 0.1) is 6.92 Å². The zero-order valence-corrected chi connectivity index (χ0v) is 24.1. The summed E-state index contributed by atoms with van der Waals surface area (Å²) in [7, 11) is 0. The molecule has 0 fully saturated rings. The van der Waals surface area contributed by atoms with Crippen LogP contribution in [0.25, 0.3) is 0 Å². The van der Waals surface area contributed by atoms with Gasteiger partial charge in [-0.3, -0.25) is 9.59 Å². The SMILES string of the molecule is C=CC(=C)N/C(=C\C/C=C(\C)F)C(=O)NCc1cccc(Oc2ccc(CCC(=O)O)c(C)c2)c1.CC.CC. The second kappa shape index (κ2) is 19.9. The molecule has 39 heavy (non-hydrogen) atoms. The van der Waals surface area contributed by atoms with Gasteiger partial charge in [-0.15, -0.1) is 0 Å². The number of hydrogen-bond acceptors (Lipinski definition) is 4. The molecule has 2 aromatic carbocycles. The number of amides is 1. The van der Waals surface area contributed by atoms with Crippen molar-refractivity contribution in [3.63, 3.8) is 0 Å². The second-order valence-corrected chi connectivity index (χ2v) is 7.91. The van der Waals surface area contributed by atoms with Crippen LogP contribution in [0.4, 0.5) is 4.39 Å². The third-order valence-electron chi connectivity index (χ3n) is 5.02. The van der Waals surface area contributed by atoms with Gasteiger partial charge in [0.15, 0.2) is 0 Å². The highest BCUT2D eigenvalue weighted by molar-refractivity contribution is 5.93. The molecule has 0 saturated carbocycles. The summed E-state index contributed by atoms with van der Waals surface area (Å²) in [6, 6.07) is 12.9. The van der Waals surface area contributed by atoms with Crippen LogP contribution in [0.15, 0.2) is 91.1 Å². The Labute approximate surface area is 233 Å². The van der Waals surface area contributed by atoms with Crippen LogP contribution in [-0.2, 0) is 22.6 Å². The van der Waals surface area contributed by atoms with Gasteiger partial charge in [-0.25, -0.2) is 4.39 Å². The van der Waals surface area contributed by atoms with Crippen molar-refractivity contribution in [3.05, 3.63) is 108 Å². The summed E-state index contributed by atoms with van der Waals surface area (Å²) in [4.78, 5) is 23.5. The molecule has 6 nitrogen and oxygen atoms in total. The van der Waals surface area contributed by atoms with Crippen molar-refractivity contribution >= 4 is 11.9 Å². The number of aliphatic carboxylic acids is 1. The van der Waals surface area contributed by atoms with E-state index < -0.39 is 5.97 Å². The zero-order valence-electron chi connectivity index (χ0n) is 24.1. The van der Waals surface area contributed by atoms with Crippen molar-refractivity contribution in [3.8, 4) is 11.5 Å². The molecule has 0 bridgehead atoms. The number of hydrogen-bond donors (Lipinski definition) is 3. The monoisotopic (exact) mass is 538 g/mol. The molecule has 212 valence electrons. The van der Waals surface area contributed by atoms with E-state index in [2.05, 4.69) is 23.8 Å². The molecule has 0 aromatic heterocycles. The van der Waals surface area contributed by atoms with Gasteiger partial charge in [-0.2, -0.15) is 0 Å². The summed E-state index contributed by atoms with van der Waals surface area (Å²) in [5.74, 6) is -0.283. The number of halogens is 1. The van der Waals surface area contributed by atoms with Crippen LogP contribution in [-0.4, -0.2) is 17.0 Å². The van der Waals surface area contributed by atoms with Gasteiger partial charge in [0.1, 0.15) is 17.2 Å². The number of carboxylic acids is 1. The molecule has 0 unspecified atom stereocenters. The summed E-state index contributed by atoms with van der Waals surface area (Å²) in [6.45, 7) is 18.9. The average Bonchev–Trinajstić information content (AvgIpc) is 2.92. The van der Waals surface area contributed by atoms with Gasteiger partial charge in [0, 0.05) is 18.7 Å². The maximum Gasteiger partial charge on any atom is 0.303 e. The molecule has 0 aliphatic heterocycles. The lowest BCUT2D eigenvalue weighted by atomic mass is 10.0. The van der Waals surface area contributed by atoms with Gasteiger partial charge in [0.05, 0.1) is 5.83 Å². The van der Waals surface area contributed by atoms with Crippen molar-refractivity contribution < 1.29 is 23.8 Å². The quantitative estimate of drug-likeness (QED) is 0.178. The molecule has 0 spiro atoms. The largest absolute Gasteiger partial charge is 0.481 e. The van der Waals surface area contributed by atoms with E-state index in [4.69, 9.17) is 9.84 Å². The van der Waals surface area contributed by atoms with Crippen LogP contribution >= 0.6 is 0 Å². The van der Waals surface area contributed by atoms with Crippen molar-refractivity contribution in [1.29, 1.82) is 0 Å². The highest BCUT2D eigenvalue weighted by atomic mass is 19.1. The molecule has 0 atom stereocenters. The molecular weight excluding hydrogens is 495 g/mol. The van der Waals surface area contributed by atoms with E-state index in [1.807, 2.05) is 71.0 Å². The van der Waals surface area contributed by atoms with Crippen molar-refractivity contribution in [2.75, 3.05) is 0 Å². The normalized spacial score (nSPS) is 10.6. The average molecular weight is 539 g/mol. The van der Waals surface area contributed by atoms with Crippen LogP contribution in [0.2, 0.25) is 0 Å². The maximum atomic E-state index is 13.0. The van der Waals surface area contributed by atoms with Gasteiger partial charge >= 0.3 is 5.97 Å². The smallest absolute Gasteiger partial charge is 0.303 e. The predicted molar refractivity (Wildman–Crippen MR) is 158 cm³/mol. The van der Waals surface area contributed by atoms with Gasteiger partial charge < -0.3 is 20.5 Å². The van der Waals surface area contributed by atoms with Crippen LogP contribution in [0.3, 0.4) is 0 Å². The molecule has 0 heterocycles. The number of nitrogens with one attached hydrogen (secondary N) is 2. The minimum atomic E-state index is -0.829. The molecule has 7 heteroatoms. The Morgan fingerprint density at radius 1 is 1.05 bits per heavy atom. The highest BCUT2D eigenvalue weighted by Gasteiger charge is 2.10. The van der Waals surface area contributed by atoms with Crippen LogP contribution < -0.4 is 15.4 Å². The number of rotatable bonds is 13. The van der Waals surface area contributed by atoms with E-state index >= 15 is 0 Å². The third-order valence-corrected chi connectivity index (χ3v) is 5.02. The van der Waals surface area contributed by atoms with E-state index in [9.17, 15) is 14.0 Å². The molecular formula is C32H43FN2O4. The van der Waals surface area contributed by atoms with Crippen molar-refractivity contribution in [2.45, 2.75) is 67.3 Å². The Bertz CT molecular complexity index is 1150. The molecule has 2 aromatic rings. The Morgan fingerprint density at radius 3 is 2.31 bits per heavy atom. The number of carbonyl (C=O) groups is 2. The Hall–Kier alpha value is -4.13. The van der Waals surface area contributed by atoms with Crippen molar-refractivity contribution in [1.82, 2.24) is 10.6 Å². The number of ether oxygens (including phenoxy) is 1. The van der Waals surface area contributed by atoms with Gasteiger partial charge in [-0.1, -0.05) is 65.1 Å². The van der Waals surface area contributed by atoms with Gasteiger partial charge in [0.25, 0.3) is 5.91 Å². The molecule has 0 saturated heterocycles. The number of carboxylic acid groups (broad SMARTS) is 1. The third kappa shape index (κ3) is 14.4. The first-order chi connectivity index (χ1) is 18.7. The molecule has 1 amide bonds. The summed E-state index contributed by atoms with van der Waals surface area (Å²) in [6.07, 6.45) is 5.22. The fraction of sp³-hybridized carbons (Fsp3) is 0.312. The Morgan fingerprint density at radius 2 is 1.72 bits per heavy atom. The minimum absolute atomic E-state index is 0.0785. The van der Waals surface area contributed by atoms with Crippen LogP contribution in [0.1, 0.15) is 64.2 Å². The standard InChI is InChI=1S/C28H31FN2O4.2C2H6/c1-5-21(4)31-26(11-6-8-20(3)29)28(34)30-18-22-9-7-10-24(17-22)35-25-14-12-23(19(2)16-25)13-15-27(32)33;2*1-2/h5,7-12,14,16-17,31H,1,4,6,13,15,18H2,2-3H3,(H,30,34)(H,32,33);2*1-2H3/b20-8+,26-11-;;. The second-order valence-electron chi connectivity index (χ2n) is 7.91. The number of allylic oxidation sites excluding steroid dienone is 4. The summed E-state index contributed by atoms with van der Waals surface area (Å²) in [5.41, 5.74) is 3.44. The summed E-state index contributed by atoms with van der Waals surface area (Å²) >= 11 is 0. The lowest BCUT2D eigenvalue weighted by Gasteiger charge is -2.13. The Kier molecular flexibility index (Phi) is 17.8. The molecule has 0 aliphatic carbocycles. The minimum Gasteiger partial charge on any atom is -0.481 e. The first-order valence-corrected chi connectivity index (χ1v) is 13.1. The number of carbonyl (C=O) groups excluding carboxylic acids is 1. The van der Waals surface area contributed by atoms with E-state index in [1.165, 1.54) is 19.1 Å². The fourth-order valence-corrected chi connectivity index (χ4v) is 3.15. The van der Waals surface area contributed by atoms with Gasteiger partial charge in [0.2, 0.25) is 0 Å². The first kappa shape index (κ1) is 34.9. The summed E-state index contributed by atoms with van der Waals surface area (Å²) in [5, 5.41) is 14.6. The predicted octanol–water partition coefficient (Wildman–Crippen LogP) is 7.91. The van der Waals surface area contributed by atoms with E-state index in [1.54, 1.807) is 12.1 Å². The molecule has 0 aliphatic rings. The van der Waals surface area contributed by atoms with E-state index in [0.29, 0.717) is 23.6 Å². The van der Waals surface area contributed by atoms with Crippen molar-refractivity contribution in [2.24, 2.45) is 0 Å². The van der Waals surface area contributed by atoms with Crippen LogP contribution in [0.5, 0.6) is 11.5 Å². The molecule has 2 rings (SSSR count). The maximum absolute atomic E-state index is 13.0. The molecule has 3 N–H and O–H groups in total. The first-order valence-electron chi connectivity index (χ1n) is 13.1. The Balaban J connectivity index is 0.00000344. The summed E-state index contributed by atoms with van der Waals surface area (Å²) < 4.78 is 19.0. The number of benzene rings is 2. The fourth-order valence-electron chi connectivity index (χ4n) is 3.15. The molecule has 0 radical (unpaired) electrons.